The number of carbonyl (C=O) groups is 2. The summed E-state index contributed by atoms with van der Waals surface area (Å²) in [4.78, 5) is 29.2. The van der Waals surface area contributed by atoms with E-state index in [4.69, 9.17) is 16.3 Å². The molecule has 0 spiro atoms. The maximum atomic E-state index is 13.4. The summed E-state index contributed by atoms with van der Waals surface area (Å²) in [6.45, 7) is 1.98. The average molecular weight is 436 g/mol. The lowest BCUT2D eigenvalue weighted by atomic mass is 10.0. The zero-order chi connectivity index (χ0) is 21.3. The Balaban J connectivity index is 1.78. The van der Waals surface area contributed by atoms with Crippen LogP contribution in [0.2, 0.25) is 5.02 Å². The number of aryl methyl sites for hydroxylation is 1. The third kappa shape index (κ3) is 3.86. The molecule has 1 aliphatic heterocycles. The number of imide groups is 1. The van der Waals surface area contributed by atoms with Crippen LogP contribution in [0.25, 0.3) is 5.57 Å². The summed E-state index contributed by atoms with van der Waals surface area (Å²) in [5.74, 6) is -0.0356. The normalized spacial score (nSPS) is 13.9. The number of ether oxygens (including phenoxy) is 1. The summed E-state index contributed by atoms with van der Waals surface area (Å²) < 4.78 is 5.18. The Morgan fingerprint density at radius 3 is 2.07 bits per heavy atom. The molecule has 0 aliphatic carbocycles. The van der Waals surface area contributed by atoms with Gasteiger partial charge in [-0.25, -0.2) is 4.90 Å². The van der Waals surface area contributed by atoms with Crippen LogP contribution in [0.3, 0.4) is 0 Å². The highest BCUT2D eigenvalue weighted by molar-refractivity contribution is 8.04. The fourth-order valence-electron chi connectivity index (χ4n) is 3.17. The minimum Gasteiger partial charge on any atom is -0.497 e. The van der Waals surface area contributed by atoms with E-state index >= 15 is 0 Å². The van der Waals surface area contributed by atoms with Gasteiger partial charge in [-0.3, -0.25) is 9.59 Å². The molecule has 4 rings (SSSR count). The second-order valence-electron chi connectivity index (χ2n) is 6.77. The van der Waals surface area contributed by atoms with E-state index in [9.17, 15) is 9.59 Å². The Morgan fingerprint density at radius 2 is 1.47 bits per heavy atom. The predicted octanol–water partition coefficient (Wildman–Crippen LogP) is 5.73. The average Bonchev–Trinajstić information content (AvgIpc) is 3.00. The first-order chi connectivity index (χ1) is 14.5. The van der Waals surface area contributed by atoms with Crippen LogP contribution in [0, 0.1) is 6.92 Å². The molecule has 1 aliphatic rings. The summed E-state index contributed by atoms with van der Waals surface area (Å²) in [6.07, 6.45) is 0. The lowest BCUT2D eigenvalue weighted by Gasteiger charge is -2.15. The van der Waals surface area contributed by atoms with E-state index in [1.165, 1.54) is 16.7 Å². The van der Waals surface area contributed by atoms with E-state index in [0.29, 0.717) is 32.5 Å². The summed E-state index contributed by atoms with van der Waals surface area (Å²) in [6, 6.07) is 21.7. The molecule has 150 valence electrons. The van der Waals surface area contributed by atoms with Crippen molar-refractivity contribution in [3.05, 3.63) is 93.9 Å². The molecule has 4 nitrogen and oxygen atoms in total. The van der Waals surface area contributed by atoms with Gasteiger partial charge in [0.1, 0.15) is 5.75 Å². The van der Waals surface area contributed by atoms with Crippen molar-refractivity contribution in [2.75, 3.05) is 12.0 Å². The zero-order valence-electron chi connectivity index (χ0n) is 16.4. The van der Waals surface area contributed by atoms with Gasteiger partial charge in [-0.1, -0.05) is 53.2 Å². The number of anilines is 1. The van der Waals surface area contributed by atoms with Gasteiger partial charge < -0.3 is 4.74 Å². The summed E-state index contributed by atoms with van der Waals surface area (Å²) in [7, 11) is 1.57. The summed E-state index contributed by atoms with van der Waals surface area (Å²) in [5, 5.41) is 0.612. The number of nitrogens with zero attached hydrogens (tertiary/aromatic N) is 1. The molecule has 0 N–H and O–H groups in total. The molecule has 0 radical (unpaired) electrons. The van der Waals surface area contributed by atoms with Gasteiger partial charge in [0.2, 0.25) is 0 Å². The van der Waals surface area contributed by atoms with E-state index in [2.05, 4.69) is 0 Å². The van der Waals surface area contributed by atoms with Gasteiger partial charge in [-0.15, -0.1) is 0 Å². The van der Waals surface area contributed by atoms with Crippen molar-refractivity contribution in [2.24, 2.45) is 0 Å². The molecule has 0 unspecified atom stereocenters. The van der Waals surface area contributed by atoms with Gasteiger partial charge in [-0.05, 0) is 61.0 Å². The van der Waals surface area contributed by atoms with Crippen LogP contribution in [0.5, 0.6) is 5.75 Å². The molecule has 6 heteroatoms. The SMILES string of the molecule is COc1ccc(N2C(=O)C(Sc3ccc(Cl)cc3)=C(c3ccc(C)cc3)C2=O)cc1. The van der Waals surface area contributed by atoms with Crippen molar-refractivity contribution in [1.29, 1.82) is 0 Å². The topological polar surface area (TPSA) is 46.6 Å². The molecular formula is C24H18ClNO3S. The standard InChI is InChI=1S/C24H18ClNO3S/c1-15-3-5-16(6-4-15)21-22(30-20-13-7-17(25)8-14-20)24(28)26(23(21)27)18-9-11-19(29-2)12-10-18/h3-14H,1-2H3. The number of benzene rings is 3. The monoisotopic (exact) mass is 435 g/mol. The molecule has 0 fully saturated rings. The van der Waals surface area contributed by atoms with E-state index in [0.717, 1.165) is 10.5 Å². The maximum absolute atomic E-state index is 13.4. The quantitative estimate of drug-likeness (QED) is 0.480. The highest BCUT2D eigenvalue weighted by atomic mass is 35.5. The molecule has 1 heterocycles. The second-order valence-corrected chi connectivity index (χ2v) is 8.29. The highest BCUT2D eigenvalue weighted by Gasteiger charge is 2.40. The Labute approximate surface area is 184 Å². The number of hydrogen-bond donors (Lipinski definition) is 0. The van der Waals surface area contributed by atoms with Crippen molar-refractivity contribution in [1.82, 2.24) is 0 Å². The molecule has 0 bridgehead atoms. The second kappa shape index (κ2) is 8.38. The number of carbonyl (C=O) groups excluding carboxylic acids is 2. The number of halogens is 1. The molecule has 2 amide bonds. The number of amides is 2. The molecule has 0 saturated heterocycles. The third-order valence-corrected chi connectivity index (χ3v) is 6.09. The van der Waals surface area contributed by atoms with Crippen molar-refractivity contribution in [2.45, 2.75) is 11.8 Å². The first kappa shape index (κ1) is 20.3. The minimum atomic E-state index is -0.347. The largest absolute Gasteiger partial charge is 0.497 e. The van der Waals surface area contributed by atoms with E-state index in [1.54, 1.807) is 43.5 Å². The van der Waals surface area contributed by atoms with E-state index < -0.39 is 0 Å². The lowest BCUT2D eigenvalue weighted by molar-refractivity contribution is -0.119. The van der Waals surface area contributed by atoms with Crippen LogP contribution in [0.4, 0.5) is 5.69 Å². The number of hydrogen-bond acceptors (Lipinski definition) is 4. The summed E-state index contributed by atoms with van der Waals surface area (Å²) in [5.41, 5.74) is 2.69. The Bertz CT molecular complexity index is 1140. The van der Waals surface area contributed by atoms with E-state index in [1.807, 2.05) is 43.3 Å². The molecule has 0 saturated carbocycles. The van der Waals surface area contributed by atoms with Crippen LogP contribution in [0.1, 0.15) is 11.1 Å². The Morgan fingerprint density at radius 1 is 0.833 bits per heavy atom. The maximum Gasteiger partial charge on any atom is 0.272 e. The highest BCUT2D eigenvalue weighted by Crippen LogP contribution is 2.41. The molecule has 0 atom stereocenters. The Hall–Kier alpha value is -3.02. The van der Waals surface area contributed by atoms with Gasteiger partial charge in [0, 0.05) is 9.92 Å². The zero-order valence-corrected chi connectivity index (χ0v) is 18.0. The number of rotatable bonds is 5. The van der Waals surface area contributed by atoms with Gasteiger partial charge in [0.05, 0.1) is 23.3 Å². The molecular weight excluding hydrogens is 418 g/mol. The van der Waals surface area contributed by atoms with Crippen molar-refractivity contribution < 1.29 is 14.3 Å². The van der Waals surface area contributed by atoms with Gasteiger partial charge >= 0.3 is 0 Å². The van der Waals surface area contributed by atoms with Gasteiger partial charge in [0.15, 0.2) is 0 Å². The van der Waals surface area contributed by atoms with Crippen LogP contribution in [-0.4, -0.2) is 18.9 Å². The smallest absolute Gasteiger partial charge is 0.272 e. The lowest BCUT2D eigenvalue weighted by Crippen LogP contribution is -2.31. The van der Waals surface area contributed by atoms with Gasteiger partial charge in [0.25, 0.3) is 11.8 Å². The Kier molecular flexibility index (Phi) is 5.66. The summed E-state index contributed by atoms with van der Waals surface area (Å²) >= 11 is 7.26. The van der Waals surface area contributed by atoms with Crippen LogP contribution in [0.15, 0.2) is 82.6 Å². The molecule has 3 aromatic carbocycles. The van der Waals surface area contributed by atoms with Crippen LogP contribution >= 0.6 is 23.4 Å². The first-order valence-corrected chi connectivity index (χ1v) is 10.4. The van der Waals surface area contributed by atoms with Crippen LogP contribution in [-0.2, 0) is 9.59 Å². The third-order valence-electron chi connectivity index (χ3n) is 4.75. The van der Waals surface area contributed by atoms with Gasteiger partial charge in [-0.2, -0.15) is 0 Å². The van der Waals surface area contributed by atoms with E-state index in [-0.39, 0.29) is 11.8 Å². The van der Waals surface area contributed by atoms with Crippen LogP contribution < -0.4 is 9.64 Å². The first-order valence-electron chi connectivity index (χ1n) is 9.25. The number of methoxy groups -OCH3 is 1. The van der Waals surface area contributed by atoms with Crippen molar-refractivity contribution >= 4 is 46.4 Å². The fraction of sp³-hybridized carbons (Fsp3) is 0.0833. The molecule has 0 aromatic heterocycles. The number of thioether (sulfide) groups is 1. The molecule has 30 heavy (non-hydrogen) atoms. The predicted molar refractivity (Wildman–Crippen MR) is 121 cm³/mol. The van der Waals surface area contributed by atoms with Crippen molar-refractivity contribution in [3.8, 4) is 5.75 Å². The molecule has 3 aromatic rings. The fourth-order valence-corrected chi connectivity index (χ4v) is 4.29. The minimum absolute atomic E-state index is 0.342. The van der Waals surface area contributed by atoms with Crippen molar-refractivity contribution in [3.63, 3.8) is 0 Å².